The van der Waals surface area contributed by atoms with Crippen LogP contribution in [-0.4, -0.2) is 35.7 Å². The van der Waals surface area contributed by atoms with Crippen LogP contribution in [0.3, 0.4) is 0 Å². The first-order valence-electron chi connectivity index (χ1n) is 18.3. The molecule has 0 spiro atoms. The Kier molecular flexibility index (Phi) is 21.2. The van der Waals surface area contributed by atoms with Gasteiger partial charge in [0.15, 0.2) is 11.5 Å². The predicted octanol–water partition coefficient (Wildman–Crippen LogP) is 13.2. The molecule has 2 aliphatic heterocycles. The third-order valence-electron chi connectivity index (χ3n) is 7.99. The standard InChI is InChI=1S/C23H22N2O2.C10H16F2.C6H14.C3H4.C2H6/c1-15-11-19(16(2)25-9-3-4-10-25)20-12-17(5-7-21(20)24-15)18-6-8-22-23(13-18)27-14-26-22;1-4-9(5-2)7-6-8-10(3,11)12;1-3-5-6-4-2;1-3-2;1-2/h5-8,11-13H,2-4,9-10,14H2,1H3;4,6-7H,5,8H2,1-3H3;3-6H2,1-2H3;1H,2H3;1-2H3/b;7-6-,9-4-;;;. The molecule has 0 unspecified atom stereocenters. The second-order valence-corrected chi connectivity index (χ2v) is 12.1. The van der Waals surface area contributed by atoms with Crippen LogP contribution in [0.15, 0.2) is 72.8 Å². The molecule has 1 saturated heterocycles. The number of hydrogen-bond donors (Lipinski definition) is 0. The Balaban J connectivity index is 0.000000454. The Morgan fingerprint density at radius 2 is 1.56 bits per heavy atom. The van der Waals surface area contributed by atoms with Crippen molar-refractivity contribution in [3.63, 3.8) is 0 Å². The van der Waals surface area contributed by atoms with E-state index in [0.29, 0.717) is 6.79 Å². The summed E-state index contributed by atoms with van der Waals surface area (Å²) in [6, 6.07) is 14.7. The number of halogens is 2. The number of alkyl halides is 2. The first-order chi connectivity index (χ1) is 24.0. The first-order valence-corrected chi connectivity index (χ1v) is 18.3. The molecule has 274 valence electrons. The lowest BCUT2D eigenvalue weighted by Crippen LogP contribution is -2.17. The first kappa shape index (κ1) is 43.9. The number of pyridine rings is 1. The van der Waals surface area contributed by atoms with E-state index in [1.165, 1.54) is 50.2 Å². The number of allylic oxidation sites excluding steroid dienone is 4. The number of aromatic nitrogens is 1. The van der Waals surface area contributed by atoms with Gasteiger partial charge in [0.25, 0.3) is 0 Å². The molecular formula is C44H62F2N2O2. The number of terminal acetylenes is 1. The summed E-state index contributed by atoms with van der Waals surface area (Å²) in [5, 5.41) is 1.15. The molecule has 0 atom stereocenters. The van der Waals surface area contributed by atoms with Gasteiger partial charge >= 0.3 is 0 Å². The number of rotatable bonds is 10. The fourth-order valence-electron chi connectivity index (χ4n) is 5.35. The van der Waals surface area contributed by atoms with Crippen LogP contribution < -0.4 is 9.47 Å². The molecule has 6 heteroatoms. The highest BCUT2D eigenvalue weighted by Gasteiger charge is 2.19. The van der Waals surface area contributed by atoms with Gasteiger partial charge in [-0.1, -0.05) is 103 Å². The van der Waals surface area contributed by atoms with Gasteiger partial charge in [0, 0.05) is 41.9 Å². The van der Waals surface area contributed by atoms with Gasteiger partial charge in [0.1, 0.15) is 0 Å². The second-order valence-electron chi connectivity index (χ2n) is 12.1. The van der Waals surface area contributed by atoms with Crippen molar-refractivity contribution in [2.45, 2.75) is 120 Å². The Hall–Kier alpha value is -4.11. The number of unbranched alkanes of at least 4 members (excludes halogenated alkanes) is 3. The molecule has 0 aliphatic carbocycles. The molecule has 0 saturated carbocycles. The molecule has 0 amide bonds. The maximum Gasteiger partial charge on any atom is 0.248 e. The van der Waals surface area contributed by atoms with Crippen LogP contribution in [0, 0.1) is 19.3 Å². The van der Waals surface area contributed by atoms with Crippen LogP contribution in [0.2, 0.25) is 0 Å². The molecule has 0 radical (unpaired) electrons. The smallest absolute Gasteiger partial charge is 0.248 e. The zero-order chi connectivity index (χ0) is 37.5. The van der Waals surface area contributed by atoms with Gasteiger partial charge in [-0.2, -0.15) is 0 Å². The topological polar surface area (TPSA) is 34.6 Å². The lowest BCUT2D eigenvalue weighted by Gasteiger charge is -2.22. The Morgan fingerprint density at radius 1 is 0.980 bits per heavy atom. The SMILES string of the molecule is C#CC.C/C=C(\C=C/CC(C)(F)F)CC.C=C(c1cc(C)nc2ccc(-c3ccc4c(c3)OCO4)cc12)N1CCCC1.CC.CCCCCC. The molecular weight excluding hydrogens is 626 g/mol. The van der Waals surface area contributed by atoms with Crippen LogP contribution in [0.25, 0.3) is 27.7 Å². The van der Waals surface area contributed by atoms with Gasteiger partial charge in [-0.05, 0) is 88.4 Å². The number of ether oxygens (including phenoxy) is 2. The van der Waals surface area contributed by atoms with E-state index >= 15 is 0 Å². The van der Waals surface area contributed by atoms with E-state index in [9.17, 15) is 8.78 Å². The summed E-state index contributed by atoms with van der Waals surface area (Å²) in [6.07, 6.45) is 18.6. The van der Waals surface area contributed by atoms with Crippen LogP contribution in [0.5, 0.6) is 11.5 Å². The van der Waals surface area contributed by atoms with E-state index in [1.807, 2.05) is 52.8 Å². The fraction of sp³-hybridized carbons (Fsp3) is 0.477. The molecule has 2 aliphatic rings. The van der Waals surface area contributed by atoms with Crippen molar-refractivity contribution in [2.75, 3.05) is 19.9 Å². The van der Waals surface area contributed by atoms with E-state index in [-0.39, 0.29) is 6.42 Å². The van der Waals surface area contributed by atoms with E-state index < -0.39 is 5.92 Å². The molecule has 5 rings (SSSR count). The zero-order valence-corrected chi connectivity index (χ0v) is 32.3. The summed E-state index contributed by atoms with van der Waals surface area (Å²) in [5.41, 5.74) is 7.66. The van der Waals surface area contributed by atoms with Crippen LogP contribution >= 0.6 is 0 Å². The minimum Gasteiger partial charge on any atom is -0.454 e. The minimum absolute atomic E-state index is 0.176. The third-order valence-corrected chi connectivity index (χ3v) is 7.99. The average Bonchev–Trinajstić information content (AvgIpc) is 3.83. The van der Waals surface area contributed by atoms with E-state index in [4.69, 9.17) is 14.5 Å². The van der Waals surface area contributed by atoms with Crippen molar-refractivity contribution in [1.82, 2.24) is 9.88 Å². The van der Waals surface area contributed by atoms with E-state index in [0.717, 1.165) is 76.9 Å². The molecule has 50 heavy (non-hydrogen) atoms. The molecule has 3 aromatic rings. The quantitative estimate of drug-likeness (QED) is 0.121. The molecule has 0 N–H and O–H groups in total. The Morgan fingerprint density at radius 3 is 2.12 bits per heavy atom. The van der Waals surface area contributed by atoms with Gasteiger partial charge in [-0.25, -0.2) is 8.78 Å². The molecule has 4 nitrogen and oxygen atoms in total. The lowest BCUT2D eigenvalue weighted by molar-refractivity contribution is 0.0255. The molecule has 2 aromatic carbocycles. The van der Waals surface area contributed by atoms with Crippen LogP contribution in [-0.2, 0) is 0 Å². The zero-order valence-electron chi connectivity index (χ0n) is 32.3. The van der Waals surface area contributed by atoms with Crippen molar-refractivity contribution >= 4 is 16.6 Å². The summed E-state index contributed by atoms with van der Waals surface area (Å²) in [5.74, 6) is 1.28. The van der Waals surface area contributed by atoms with E-state index in [1.54, 1.807) is 13.0 Å². The van der Waals surface area contributed by atoms with Gasteiger partial charge in [0.2, 0.25) is 12.7 Å². The van der Waals surface area contributed by atoms with Crippen LogP contribution in [0.4, 0.5) is 8.78 Å². The van der Waals surface area contributed by atoms with Gasteiger partial charge in [0.05, 0.1) is 5.52 Å². The highest BCUT2D eigenvalue weighted by molar-refractivity contribution is 5.94. The van der Waals surface area contributed by atoms with Crippen molar-refractivity contribution in [3.8, 4) is 35.0 Å². The number of likely N-dealkylation sites (tertiary alicyclic amines) is 1. The van der Waals surface area contributed by atoms with Gasteiger partial charge in [-0.15, -0.1) is 12.3 Å². The summed E-state index contributed by atoms with van der Waals surface area (Å²) < 4.78 is 35.6. The highest BCUT2D eigenvalue weighted by atomic mass is 19.3. The van der Waals surface area contributed by atoms with Crippen LogP contribution in [0.1, 0.15) is 118 Å². The monoisotopic (exact) mass is 688 g/mol. The van der Waals surface area contributed by atoms with Crippen molar-refractivity contribution in [1.29, 1.82) is 0 Å². The van der Waals surface area contributed by atoms with Gasteiger partial charge in [-0.3, -0.25) is 4.98 Å². The fourth-order valence-corrected chi connectivity index (χ4v) is 5.35. The van der Waals surface area contributed by atoms with Crippen molar-refractivity contribution in [2.24, 2.45) is 0 Å². The van der Waals surface area contributed by atoms with Gasteiger partial charge < -0.3 is 14.4 Å². The highest BCUT2D eigenvalue weighted by Crippen LogP contribution is 2.37. The third kappa shape index (κ3) is 15.2. The minimum atomic E-state index is -2.58. The number of nitrogens with zero attached hydrogens (tertiary/aromatic N) is 2. The number of aryl methyl sites for hydroxylation is 1. The average molecular weight is 689 g/mol. The lowest BCUT2D eigenvalue weighted by atomic mass is 9.98. The normalized spacial score (nSPS) is 13.2. The maximum absolute atomic E-state index is 12.3. The summed E-state index contributed by atoms with van der Waals surface area (Å²) in [4.78, 5) is 7.12. The Bertz CT molecular complexity index is 1540. The number of benzene rings is 2. The maximum atomic E-state index is 12.3. The molecule has 0 bridgehead atoms. The summed E-state index contributed by atoms with van der Waals surface area (Å²) in [7, 11) is 0. The summed E-state index contributed by atoms with van der Waals surface area (Å²) >= 11 is 0. The van der Waals surface area contributed by atoms with Crippen molar-refractivity contribution in [3.05, 3.63) is 84.1 Å². The number of hydrogen-bond acceptors (Lipinski definition) is 4. The van der Waals surface area contributed by atoms with Crippen molar-refractivity contribution < 1.29 is 18.3 Å². The summed E-state index contributed by atoms with van der Waals surface area (Å²) in [6.45, 7) is 23.9. The van der Waals surface area contributed by atoms with E-state index in [2.05, 4.69) is 68.0 Å². The molecule has 3 heterocycles. The molecule has 1 aromatic heterocycles. The molecule has 1 fully saturated rings. The predicted molar refractivity (Wildman–Crippen MR) is 212 cm³/mol. The largest absolute Gasteiger partial charge is 0.454 e. The second kappa shape index (κ2) is 24.1. The number of fused-ring (bicyclic) bond motifs is 2. The Labute approximate surface area is 302 Å².